The van der Waals surface area contributed by atoms with Crippen LogP contribution >= 0.6 is 0 Å². The molecule has 0 rings (SSSR count). The number of unbranched alkanes of at least 4 members (excludes halogenated alkanes) is 14. The van der Waals surface area contributed by atoms with Crippen molar-refractivity contribution in [2.75, 3.05) is 14.1 Å². The zero-order valence-corrected chi connectivity index (χ0v) is 21.5. The molecule has 0 saturated carbocycles. The molecule has 0 aromatic carbocycles. The summed E-state index contributed by atoms with van der Waals surface area (Å²) >= 11 is 0. The van der Waals surface area contributed by atoms with Gasteiger partial charge in [-0.05, 0) is 59.0 Å². The lowest BCUT2D eigenvalue weighted by atomic mass is 9.99. The third-order valence-electron chi connectivity index (χ3n) is 6.36. The first-order valence-corrected chi connectivity index (χ1v) is 13.7. The van der Waals surface area contributed by atoms with Crippen LogP contribution in [0, 0.1) is 0 Å². The lowest BCUT2D eigenvalue weighted by Crippen LogP contribution is -2.27. The fourth-order valence-electron chi connectivity index (χ4n) is 4.19. The molecule has 1 atom stereocenters. The van der Waals surface area contributed by atoms with Crippen molar-refractivity contribution < 1.29 is 0 Å². The highest BCUT2D eigenvalue weighted by molar-refractivity contribution is 4.92. The minimum absolute atomic E-state index is 0.804. The van der Waals surface area contributed by atoms with Crippen LogP contribution < -0.4 is 0 Å². The van der Waals surface area contributed by atoms with E-state index in [2.05, 4.69) is 57.1 Å². The molecule has 0 heterocycles. The molecule has 0 amide bonds. The van der Waals surface area contributed by atoms with Gasteiger partial charge in [0, 0.05) is 6.04 Å². The van der Waals surface area contributed by atoms with Crippen molar-refractivity contribution in [3.8, 4) is 0 Å². The molecular formula is C29H57N. The second-order valence-electron chi connectivity index (χ2n) is 9.55. The van der Waals surface area contributed by atoms with Crippen molar-refractivity contribution in [2.24, 2.45) is 0 Å². The maximum Gasteiger partial charge on any atom is 0.00891 e. The zero-order valence-electron chi connectivity index (χ0n) is 21.5. The average molecular weight is 420 g/mol. The average Bonchev–Trinajstić information content (AvgIpc) is 2.74. The van der Waals surface area contributed by atoms with Gasteiger partial charge in [-0.25, -0.2) is 0 Å². The molecule has 0 radical (unpaired) electrons. The highest BCUT2D eigenvalue weighted by Gasteiger charge is 2.10. The van der Waals surface area contributed by atoms with Crippen molar-refractivity contribution in [3.05, 3.63) is 24.3 Å². The molecule has 0 aromatic rings. The van der Waals surface area contributed by atoms with Crippen LogP contribution in [0.15, 0.2) is 24.3 Å². The molecule has 0 aliphatic heterocycles. The first-order chi connectivity index (χ1) is 14.7. The number of hydrogen-bond donors (Lipinski definition) is 0. The maximum atomic E-state index is 2.47. The van der Waals surface area contributed by atoms with Crippen molar-refractivity contribution in [1.82, 2.24) is 4.90 Å². The summed E-state index contributed by atoms with van der Waals surface area (Å²) in [7, 11) is 4.55. The van der Waals surface area contributed by atoms with E-state index in [1.165, 1.54) is 122 Å². The van der Waals surface area contributed by atoms with Crippen molar-refractivity contribution >= 4 is 0 Å². The number of hydrogen-bond acceptors (Lipinski definition) is 1. The van der Waals surface area contributed by atoms with Crippen LogP contribution in [0.5, 0.6) is 0 Å². The van der Waals surface area contributed by atoms with Gasteiger partial charge in [0.25, 0.3) is 0 Å². The van der Waals surface area contributed by atoms with Crippen LogP contribution in [0.4, 0.5) is 0 Å². The summed E-state index contributed by atoms with van der Waals surface area (Å²) in [5.74, 6) is 0. The molecule has 1 unspecified atom stereocenters. The van der Waals surface area contributed by atoms with Gasteiger partial charge in [-0.2, -0.15) is 0 Å². The van der Waals surface area contributed by atoms with E-state index in [1.54, 1.807) is 0 Å². The summed E-state index contributed by atoms with van der Waals surface area (Å²) in [5, 5.41) is 0. The molecule has 0 spiro atoms. The van der Waals surface area contributed by atoms with E-state index in [-0.39, 0.29) is 0 Å². The van der Waals surface area contributed by atoms with Crippen LogP contribution in [0.3, 0.4) is 0 Å². The Kier molecular flexibility index (Phi) is 24.2. The molecule has 0 aliphatic carbocycles. The van der Waals surface area contributed by atoms with Crippen LogP contribution in [-0.2, 0) is 0 Å². The van der Waals surface area contributed by atoms with Crippen LogP contribution in [0.2, 0.25) is 0 Å². The summed E-state index contributed by atoms with van der Waals surface area (Å²) in [6, 6.07) is 0.804. The Morgan fingerprint density at radius 2 is 0.900 bits per heavy atom. The summed E-state index contributed by atoms with van der Waals surface area (Å²) in [4.78, 5) is 2.47. The molecule has 0 fully saturated rings. The Bertz CT molecular complexity index is 369. The largest absolute Gasteiger partial charge is 0.306 e. The summed E-state index contributed by atoms with van der Waals surface area (Å²) in [6.45, 7) is 4.57. The lowest BCUT2D eigenvalue weighted by molar-refractivity contribution is 0.251. The molecule has 178 valence electrons. The van der Waals surface area contributed by atoms with Gasteiger partial charge in [-0.15, -0.1) is 0 Å². The first kappa shape index (κ1) is 29.4. The predicted octanol–water partition coefficient (Wildman–Crippen LogP) is 9.87. The molecule has 1 nitrogen and oxygen atoms in total. The Morgan fingerprint density at radius 1 is 0.500 bits per heavy atom. The Balaban J connectivity index is 3.51. The summed E-state index contributed by atoms with van der Waals surface area (Å²) in [6.07, 6.45) is 36.9. The summed E-state index contributed by atoms with van der Waals surface area (Å²) < 4.78 is 0. The van der Waals surface area contributed by atoms with Gasteiger partial charge < -0.3 is 4.90 Å². The van der Waals surface area contributed by atoms with Crippen molar-refractivity contribution in [2.45, 2.75) is 148 Å². The van der Waals surface area contributed by atoms with Crippen molar-refractivity contribution in [1.29, 1.82) is 0 Å². The van der Waals surface area contributed by atoms with E-state index in [9.17, 15) is 0 Å². The van der Waals surface area contributed by atoms with Crippen LogP contribution in [0.1, 0.15) is 142 Å². The highest BCUT2D eigenvalue weighted by Crippen LogP contribution is 2.17. The smallest absolute Gasteiger partial charge is 0.00891 e. The minimum atomic E-state index is 0.804. The van der Waals surface area contributed by atoms with E-state index < -0.39 is 0 Å². The molecule has 0 aromatic heterocycles. The fraction of sp³-hybridized carbons (Fsp3) is 0.862. The van der Waals surface area contributed by atoms with Gasteiger partial charge >= 0.3 is 0 Å². The van der Waals surface area contributed by atoms with Crippen LogP contribution in [-0.4, -0.2) is 25.0 Å². The fourth-order valence-corrected chi connectivity index (χ4v) is 4.19. The topological polar surface area (TPSA) is 3.24 Å². The van der Waals surface area contributed by atoms with Gasteiger partial charge in [0.05, 0.1) is 0 Å². The highest BCUT2D eigenvalue weighted by atomic mass is 15.1. The Labute approximate surface area is 191 Å². The Hall–Kier alpha value is -0.560. The van der Waals surface area contributed by atoms with E-state index in [1.807, 2.05) is 0 Å². The SMILES string of the molecule is CCCCC/C=C\CC=CCCCCCCCC(CCCCCCCCC)N(C)C. The van der Waals surface area contributed by atoms with Gasteiger partial charge in [-0.1, -0.05) is 122 Å². The summed E-state index contributed by atoms with van der Waals surface area (Å²) in [5.41, 5.74) is 0. The minimum Gasteiger partial charge on any atom is -0.306 e. The van der Waals surface area contributed by atoms with E-state index >= 15 is 0 Å². The van der Waals surface area contributed by atoms with E-state index in [0.717, 1.165) is 12.5 Å². The van der Waals surface area contributed by atoms with E-state index in [4.69, 9.17) is 0 Å². The number of allylic oxidation sites excluding steroid dienone is 4. The molecule has 0 saturated heterocycles. The molecular weight excluding hydrogens is 362 g/mol. The molecule has 0 N–H and O–H groups in total. The van der Waals surface area contributed by atoms with Gasteiger partial charge in [0.1, 0.15) is 0 Å². The normalized spacial score (nSPS) is 13.2. The number of rotatable bonds is 23. The second kappa shape index (κ2) is 24.7. The quantitative estimate of drug-likeness (QED) is 0.118. The molecule has 1 heteroatoms. The third-order valence-corrected chi connectivity index (χ3v) is 6.36. The standard InChI is InChI=1S/C29H57N/c1-5-7-9-11-13-14-15-16-17-18-19-20-22-24-26-28-29(30(3)4)27-25-23-21-12-10-8-6-2/h13-14,16-17,29H,5-12,15,18-28H2,1-4H3/b14-13-,17-16?. The molecule has 30 heavy (non-hydrogen) atoms. The maximum absolute atomic E-state index is 2.47. The van der Waals surface area contributed by atoms with Crippen LogP contribution in [0.25, 0.3) is 0 Å². The third kappa shape index (κ3) is 22.1. The van der Waals surface area contributed by atoms with E-state index in [0.29, 0.717) is 0 Å². The lowest BCUT2D eigenvalue weighted by Gasteiger charge is -2.24. The number of nitrogens with zero attached hydrogens (tertiary/aromatic N) is 1. The molecule has 0 bridgehead atoms. The van der Waals surface area contributed by atoms with Gasteiger partial charge in [0.15, 0.2) is 0 Å². The predicted molar refractivity (Wildman–Crippen MR) is 139 cm³/mol. The van der Waals surface area contributed by atoms with Gasteiger partial charge in [0.2, 0.25) is 0 Å². The van der Waals surface area contributed by atoms with Gasteiger partial charge in [-0.3, -0.25) is 0 Å². The first-order valence-electron chi connectivity index (χ1n) is 13.7. The zero-order chi connectivity index (χ0) is 22.1. The van der Waals surface area contributed by atoms with Crippen molar-refractivity contribution in [3.63, 3.8) is 0 Å². The second-order valence-corrected chi connectivity index (χ2v) is 9.55. The molecule has 0 aliphatic rings. The Morgan fingerprint density at radius 3 is 1.40 bits per heavy atom. The monoisotopic (exact) mass is 419 g/mol.